The molecule has 1 aliphatic rings. The third-order valence-corrected chi connectivity index (χ3v) is 5.66. The van der Waals surface area contributed by atoms with Gasteiger partial charge in [0.05, 0.1) is 20.8 Å². The molecule has 4 rings (SSSR count). The van der Waals surface area contributed by atoms with E-state index in [4.69, 9.17) is 37.1 Å². The molecule has 2 aromatic carbocycles. The molecule has 0 bridgehead atoms. The number of hydrogen-bond donors (Lipinski definition) is 1. The normalized spacial score (nSPS) is 14.2. The molecule has 1 fully saturated rings. The van der Waals surface area contributed by atoms with Crippen LogP contribution in [-0.4, -0.2) is 37.0 Å². The Kier molecular flexibility index (Phi) is 7.52. The van der Waals surface area contributed by atoms with E-state index in [2.05, 4.69) is 10.1 Å². The lowest BCUT2D eigenvalue weighted by atomic mass is 10.1. The first kappa shape index (κ1) is 25.2. The van der Waals surface area contributed by atoms with Crippen LogP contribution in [0.4, 0.5) is 4.79 Å². The number of amides is 3. The first-order valence-corrected chi connectivity index (χ1v) is 11.3. The van der Waals surface area contributed by atoms with E-state index in [1.54, 1.807) is 24.3 Å². The maximum absolute atomic E-state index is 13.0. The molecule has 11 heteroatoms. The van der Waals surface area contributed by atoms with Crippen LogP contribution >= 0.6 is 23.2 Å². The number of ether oxygens (including phenoxy) is 3. The maximum Gasteiger partial charge on any atom is 0.373 e. The van der Waals surface area contributed by atoms with Crippen molar-refractivity contribution in [2.24, 2.45) is 0 Å². The zero-order chi connectivity index (χ0) is 25.8. The van der Waals surface area contributed by atoms with E-state index in [1.807, 2.05) is 12.1 Å². The van der Waals surface area contributed by atoms with E-state index in [9.17, 15) is 14.4 Å². The van der Waals surface area contributed by atoms with Gasteiger partial charge < -0.3 is 23.9 Å². The van der Waals surface area contributed by atoms with Crippen molar-refractivity contribution in [2.75, 3.05) is 14.2 Å². The van der Waals surface area contributed by atoms with Gasteiger partial charge in [0.15, 0.2) is 11.5 Å². The molecule has 0 unspecified atom stereocenters. The number of halogens is 2. The summed E-state index contributed by atoms with van der Waals surface area (Å²) in [5.74, 6) is -0.388. The topological polar surface area (TPSA) is 107 Å². The summed E-state index contributed by atoms with van der Waals surface area (Å²) in [6.45, 7) is 0.0105. The van der Waals surface area contributed by atoms with Crippen LogP contribution in [0.1, 0.15) is 27.4 Å². The molecular weight excluding hydrogens is 511 g/mol. The van der Waals surface area contributed by atoms with Gasteiger partial charge >= 0.3 is 12.0 Å². The number of nitrogens with one attached hydrogen (secondary N) is 1. The quantitative estimate of drug-likeness (QED) is 0.246. The highest BCUT2D eigenvalue weighted by atomic mass is 35.5. The Bertz CT molecular complexity index is 1350. The molecule has 0 saturated carbocycles. The molecule has 9 nitrogen and oxygen atoms in total. The second-order valence-corrected chi connectivity index (χ2v) is 8.45. The van der Waals surface area contributed by atoms with Gasteiger partial charge in [-0.05, 0) is 42.0 Å². The van der Waals surface area contributed by atoms with Gasteiger partial charge in [0.1, 0.15) is 18.1 Å². The molecule has 0 atom stereocenters. The van der Waals surface area contributed by atoms with E-state index < -0.39 is 17.9 Å². The Morgan fingerprint density at radius 2 is 1.81 bits per heavy atom. The summed E-state index contributed by atoms with van der Waals surface area (Å²) in [5, 5.41) is 3.48. The number of nitrogens with zero attached hydrogens (tertiary/aromatic N) is 1. The zero-order valence-electron chi connectivity index (χ0n) is 19.2. The average Bonchev–Trinajstić information content (AvgIpc) is 3.44. The second kappa shape index (κ2) is 10.8. The van der Waals surface area contributed by atoms with E-state index in [0.29, 0.717) is 27.1 Å². The van der Waals surface area contributed by atoms with Crippen LogP contribution in [-0.2, 0) is 22.7 Å². The number of methoxy groups -OCH3 is 2. The lowest BCUT2D eigenvalue weighted by Gasteiger charge is -2.15. The number of benzene rings is 2. The Morgan fingerprint density at radius 1 is 1.06 bits per heavy atom. The molecule has 0 aliphatic carbocycles. The number of furan rings is 1. The minimum absolute atomic E-state index is 0.000380. The van der Waals surface area contributed by atoms with Crippen LogP contribution in [0.25, 0.3) is 6.08 Å². The summed E-state index contributed by atoms with van der Waals surface area (Å²) in [5.41, 5.74) is 1.28. The Labute approximate surface area is 216 Å². The van der Waals surface area contributed by atoms with E-state index in [1.165, 1.54) is 32.4 Å². The van der Waals surface area contributed by atoms with Crippen molar-refractivity contribution in [1.82, 2.24) is 10.2 Å². The SMILES string of the molecule is COC(=O)c1ccc(CN2C(=O)N/C(=C/c3cc(Cl)cc(OC)c3OCc3ccc(Cl)cc3)C2=O)o1. The van der Waals surface area contributed by atoms with Crippen molar-refractivity contribution in [2.45, 2.75) is 13.2 Å². The minimum Gasteiger partial charge on any atom is -0.493 e. The van der Waals surface area contributed by atoms with Gasteiger partial charge in [-0.25, -0.2) is 9.59 Å². The van der Waals surface area contributed by atoms with Crippen molar-refractivity contribution in [3.8, 4) is 11.5 Å². The summed E-state index contributed by atoms with van der Waals surface area (Å²) in [6.07, 6.45) is 1.45. The average molecular weight is 531 g/mol. The third-order valence-electron chi connectivity index (χ3n) is 5.19. The standard InChI is InChI=1S/C25H20Cl2N2O7/c1-33-21-11-17(27)9-15(22(21)35-13-14-3-5-16(26)6-4-14)10-19-23(30)29(25(32)28-19)12-18-7-8-20(36-18)24(31)34-2/h3-11H,12-13H2,1-2H3,(H,28,32)/b19-10+. The Morgan fingerprint density at radius 3 is 2.50 bits per heavy atom. The number of esters is 1. The van der Waals surface area contributed by atoms with Gasteiger partial charge in [-0.2, -0.15) is 0 Å². The minimum atomic E-state index is -0.667. The van der Waals surface area contributed by atoms with Crippen molar-refractivity contribution >= 4 is 47.2 Å². The van der Waals surface area contributed by atoms with Crippen molar-refractivity contribution in [3.63, 3.8) is 0 Å². The molecule has 1 aromatic heterocycles. The lowest BCUT2D eigenvalue weighted by Crippen LogP contribution is -2.30. The van der Waals surface area contributed by atoms with Gasteiger partial charge in [0.2, 0.25) is 5.76 Å². The van der Waals surface area contributed by atoms with Crippen LogP contribution in [0.2, 0.25) is 10.0 Å². The molecule has 3 amide bonds. The first-order chi connectivity index (χ1) is 17.3. The largest absolute Gasteiger partial charge is 0.493 e. The summed E-state index contributed by atoms with van der Waals surface area (Å²) in [4.78, 5) is 38.1. The molecular formula is C25H20Cl2N2O7. The smallest absolute Gasteiger partial charge is 0.373 e. The number of urea groups is 1. The van der Waals surface area contributed by atoms with Crippen molar-refractivity contribution < 1.29 is 33.0 Å². The third kappa shape index (κ3) is 5.48. The van der Waals surface area contributed by atoms with Crippen molar-refractivity contribution in [1.29, 1.82) is 0 Å². The molecule has 36 heavy (non-hydrogen) atoms. The maximum atomic E-state index is 13.0. The van der Waals surface area contributed by atoms with Crippen LogP contribution in [0, 0.1) is 0 Å². The number of imide groups is 1. The molecule has 1 aliphatic heterocycles. The van der Waals surface area contributed by atoms with Crippen LogP contribution in [0.15, 0.2) is 58.6 Å². The van der Waals surface area contributed by atoms with Gasteiger partial charge in [-0.15, -0.1) is 0 Å². The van der Waals surface area contributed by atoms with E-state index >= 15 is 0 Å². The molecule has 3 aromatic rings. The highest BCUT2D eigenvalue weighted by molar-refractivity contribution is 6.31. The fraction of sp³-hybridized carbons (Fsp3) is 0.160. The number of carbonyl (C=O) groups excluding carboxylic acids is 3. The molecule has 1 saturated heterocycles. The Hall–Kier alpha value is -3.95. The molecule has 2 heterocycles. The summed E-state index contributed by atoms with van der Waals surface area (Å²) in [7, 11) is 2.69. The molecule has 0 spiro atoms. The predicted octanol–water partition coefficient (Wildman–Crippen LogP) is 5.05. The summed E-state index contributed by atoms with van der Waals surface area (Å²) < 4.78 is 21.4. The highest BCUT2D eigenvalue weighted by Gasteiger charge is 2.34. The van der Waals surface area contributed by atoms with Crippen LogP contribution < -0.4 is 14.8 Å². The van der Waals surface area contributed by atoms with Gasteiger partial charge in [-0.1, -0.05) is 35.3 Å². The molecule has 0 radical (unpaired) electrons. The number of hydrogen-bond acceptors (Lipinski definition) is 7. The molecule has 186 valence electrons. The number of rotatable bonds is 8. The van der Waals surface area contributed by atoms with E-state index in [0.717, 1.165) is 10.5 Å². The zero-order valence-corrected chi connectivity index (χ0v) is 20.7. The van der Waals surface area contributed by atoms with Crippen molar-refractivity contribution in [3.05, 3.63) is 86.9 Å². The fourth-order valence-corrected chi connectivity index (χ4v) is 3.78. The molecule has 1 N–H and O–H groups in total. The predicted molar refractivity (Wildman–Crippen MR) is 131 cm³/mol. The number of carbonyl (C=O) groups is 3. The second-order valence-electron chi connectivity index (χ2n) is 7.58. The Balaban J connectivity index is 1.59. The van der Waals surface area contributed by atoms with Crippen LogP contribution in [0.3, 0.4) is 0 Å². The van der Waals surface area contributed by atoms with Gasteiger partial charge in [0, 0.05) is 21.7 Å². The fourth-order valence-electron chi connectivity index (χ4n) is 3.44. The summed E-state index contributed by atoms with van der Waals surface area (Å²) in [6, 6.07) is 12.5. The monoisotopic (exact) mass is 530 g/mol. The van der Waals surface area contributed by atoms with Gasteiger partial charge in [-0.3, -0.25) is 9.69 Å². The summed E-state index contributed by atoms with van der Waals surface area (Å²) >= 11 is 12.2. The van der Waals surface area contributed by atoms with Crippen LogP contribution in [0.5, 0.6) is 11.5 Å². The first-order valence-electron chi connectivity index (χ1n) is 10.6. The van der Waals surface area contributed by atoms with E-state index in [-0.39, 0.29) is 30.4 Å². The van der Waals surface area contributed by atoms with Gasteiger partial charge in [0.25, 0.3) is 5.91 Å². The highest BCUT2D eigenvalue weighted by Crippen LogP contribution is 2.37. The lowest BCUT2D eigenvalue weighted by molar-refractivity contribution is -0.123.